The lowest BCUT2D eigenvalue weighted by molar-refractivity contribution is -0.136. The molecule has 0 aliphatic rings. The molecule has 0 fully saturated rings. The fourth-order valence-corrected chi connectivity index (χ4v) is 0.801. The van der Waals surface area contributed by atoms with Crippen LogP contribution in [0.15, 0.2) is 10.7 Å². The fraction of sp³-hybridized carbons (Fsp3) is 0.500. The number of aromatic nitrogens is 1. The highest BCUT2D eigenvalue weighted by molar-refractivity contribution is 5.68. The highest BCUT2D eigenvalue weighted by Gasteiger charge is 2.09. The molecule has 4 nitrogen and oxygen atoms in total. The topological polar surface area (TPSA) is 63.3 Å². The van der Waals surface area contributed by atoms with E-state index >= 15 is 0 Å². The Balaban J connectivity index is 2.70. The molecule has 1 heterocycles. The van der Waals surface area contributed by atoms with Crippen LogP contribution in [0, 0.1) is 0 Å². The molecule has 1 aromatic heterocycles. The second kappa shape index (κ2) is 3.38. The summed E-state index contributed by atoms with van der Waals surface area (Å²) in [5.41, 5.74) is 0.797. The van der Waals surface area contributed by atoms with Crippen LogP contribution in [0.3, 0.4) is 0 Å². The normalized spacial score (nSPS) is 10.6. The van der Waals surface area contributed by atoms with Crippen molar-refractivity contribution in [2.24, 2.45) is 0 Å². The Kier molecular flexibility index (Phi) is 2.47. The van der Waals surface area contributed by atoms with Gasteiger partial charge in [0.1, 0.15) is 12.7 Å². The van der Waals surface area contributed by atoms with Gasteiger partial charge in [-0.1, -0.05) is 13.8 Å². The van der Waals surface area contributed by atoms with Gasteiger partial charge in [-0.05, 0) is 5.92 Å². The molecule has 0 unspecified atom stereocenters. The van der Waals surface area contributed by atoms with Gasteiger partial charge in [-0.15, -0.1) is 0 Å². The third-order valence-corrected chi connectivity index (χ3v) is 1.46. The zero-order valence-corrected chi connectivity index (χ0v) is 7.07. The minimum Gasteiger partial charge on any atom is -0.481 e. The summed E-state index contributed by atoms with van der Waals surface area (Å²) in [4.78, 5) is 14.3. The standard InChI is InChI=1S/C8H11NO3/c1-5(2)6-4-12-7(9-6)3-8(10)11/h4-5H,3H2,1-2H3,(H,10,11). The van der Waals surface area contributed by atoms with Crippen molar-refractivity contribution in [2.75, 3.05) is 0 Å². The number of carboxylic acids is 1. The zero-order chi connectivity index (χ0) is 9.14. The zero-order valence-electron chi connectivity index (χ0n) is 7.07. The van der Waals surface area contributed by atoms with Crippen LogP contribution < -0.4 is 0 Å². The monoisotopic (exact) mass is 169 g/mol. The van der Waals surface area contributed by atoms with E-state index in [0.717, 1.165) is 5.69 Å². The molecule has 0 radical (unpaired) electrons. The average Bonchev–Trinajstić information content (AvgIpc) is 2.34. The molecule has 0 saturated carbocycles. The summed E-state index contributed by atoms with van der Waals surface area (Å²) in [5.74, 6) is -0.380. The van der Waals surface area contributed by atoms with Crippen LogP contribution in [0.25, 0.3) is 0 Å². The Morgan fingerprint density at radius 1 is 1.75 bits per heavy atom. The number of hydrogen-bond donors (Lipinski definition) is 1. The first-order chi connectivity index (χ1) is 5.59. The summed E-state index contributed by atoms with van der Waals surface area (Å²) < 4.78 is 4.94. The van der Waals surface area contributed by atoms with Crippen molar-refractivity contribution in [1.82, 2.24) is 4.98 Å². The van der Waals surface area contributed by atoms with E-state index in [2.05, 4.69) is 4.98 Å². The first-order valence-electron chi connectivity index (χ1n) is 3.75. The Bertz CT molecular complexity index is 278. The molecular formula is C8H11NO3. The molecule has 12 heavy (non-hydrogen) atoms. The summed E-state index contributed by atoms with van der Waals surface area (Å²) in [5, 5.41) is 8.41. The van der Waals surface area contributed by atoms with Gasteiger partial charge in [0.2, 0.25) is 5.89 Å². The predicted octanol–water partition coefficient (Wildman–Crippen LogP) is 1.43. The van der Waals surface area contributed by atoms with E-state index in [1.807, 2.05) is 13.8 Å². The lowest BCUT2D eigenvalue weighted by Crippen LogP contribution is -2.00. The molecule has 0 bridgehead atoms. The number of oxazole rings is 1. The Labute approximate surface area is 70.2 Å². The van der Waals surface area contributed by atoms with Gasteiger partial charge in [0.15, 0.2) is 0 Å². The molecule has 66 valence electrons. The van der Waals surface area contributed by atoms with Gasteiger partial charge in [0.05, 0.1) is 5.69 Å². The molecule has 0 saturated heterocycles. The van der Waals surface area contributed by atoms with Gasteiger partial charge in [-0.2, -0.15) is 0 Å². The number of aliphatic carboxylic acids is 1. The minimum atomic E-state index is -0.924. The summed E-state index contributed by atoms with van der Waals surface area (Å²) in [6.07, 6.45) is 1.36. The van der Waals surface area contributed by atoms with Crippen LogP contribution in [0.2, 0.25) is 0 Å². The molecule has 1 aromatic rings. The number of carboxylic acid groups (broad SMARTS) is 1. The molecule has 0 aliphatic heterocycles. The van der Waals surface area contributed by atoms with Crippen LogP contribution in [-0.2, 0) is 11.2 Å². The summed E-state index contributed by atoms with van der Waals surface area (Å²) in [6, 6.07) is 0. The number of rotatable bonds is 3. The maximum absolute atomic E-state index is 10.2. The lowest BCUT2D eigenvalue weighted by atomic mass is 10.2. The number of hydrogen-bond acceptors (Lipinski definition) is 3. The molecular weight excluding hydrogens is 158 g/mol. The van der Waals surface area contributed by atoms with E-state index in [9.17, 15) is 4.79 Å². The molecule has 0 atom stereocenters. The Hall–Kier alpha value is -1.32. The minimum absolute atomic E-state index is 0.146. The molecule has 0 aromatic carbocycles. The van der Waals surface area contributed by atoms with Gasteiger partial charge in [-0.25, -0.2) is 4.98 Å². The van der Waals surface area contributed by atoms with Gasteiger partial charge in [0, 0.05) is 0 Å². The van der Waals surface area contributed by atoms with Crippen LogP contribution in [0.4, 0.5) is 0 Å². The quantitative estimate of drug-likeness (QED) is 0.743. The first-order valence-corrected chi connectivity index (χ1v) is 3.75. The third-order valence-electron chi connectivity index (χ3n) is 1.46. The van der Waals surface area contributed by atoms with Crippen molar-refractivity contribution in [3.63, 3.8) is 0 Å². The maximum atomic E-state index is 10.2. The van der Waals surface area contributed by atoms with E-state index in [0.29, 0.717) is 0 Å². The SMILES string of the molecule is CC(C)c1coc(CC(=O)O)n1. The summed E-state index contributed by atoms with van der Waals surface area (Å²) >= 11 is 0. The van der Waals surface area contributed by atoms with Crippen LogP contribution in [0.1, 0.15) is 31.4 Å². The molecule has 0 spiro atoms. The van der Waals surface area contributed by atoms with Crippen LogP contribution in [-0.4, -0.2) is 16.1 Å². The largest absolute Gasteiger partial charge is 0.481 e. The highest BCUT2D eigenvalue weighted by atomic mass is 16.4. The van der Waals surface area contributed by atoms with Crippen LogP contribution >= 0.6 is 0 Å². The van der Waals surface area contributed by atoms with Crippen molar-refractivity contribution in [2.45, 2.75) is 26.2 Å². The van der Waals surface area contributed by atoms with Crippen molar-refractivity contribution in [3.8, 4) is 0 Å². The summed E-state index contributed by atoms with van der Waals surface area (Å²) in [7, 11) is 0. The molecule has 0 aliphatic carbocycles. The smallest absolute Gasteiger partial charge is 0.312 e. The molecule has 0 amide bonds. The molecule has 1 rings (SSSR count). The first kappa shape index (κ1) is 8.77. The second-order valence-corrected chi connectivity index (χ2v) is 2.89. The van der Waals surface area contributed by atoms with Crippen LogP contribution in [0.5, 0.6) is 0 Å². The average molecular weight is 169 g/mol. The van der Waals surface area contributed by atoms with Gasteiger partial charge in [0.25, 0.3) is 0 Å². The van der Waals surface area contributed by atoms with E-state index in [1.165, 1.54) is 6.26 Å². The van der Waals surface area contributed by atoms with E-state index in [4.69, 9.17) is 9.52 Å². The highest BCUT2D eigenvalue weighted by Crippen LogP contribution is 2.13. The van der Waals surface area contributed by atoms with Gasteiger partial charge < -0.3 is 9.52 Å². The molecule has 4 heteroatoms. The van der Waals surface area contributed by atoms with Gasteiger partial charge >= 0.3 is 5.97 Å². The van der Waals surface area contributed by atoms with Crippen molar-refractivity contribution >= 4 is 5.97 Å². The van der Waals surface area contributed by atoms with Crippen molar-refractivity contribution < 1.29 is 14.3 Å². The van der Waals surface area contributed by atoms with E-state index in [1.54, 1.807) is 0 Å². The van der Waals surface area contributed by atoms with E-state index in [-0.39, 0.29) is 18.2 Å². The second-order valence-electron chi connectivity index (χ2n) is 2.89. The van der Waals surface area contributed by atoms with Gasteiger partial charge in [-0.3, -0.25) is 4.79 Å². The maximum Gasteiger partial charge on any atom is 0.312 e. The van der Waals surface area contributed by atoms with E-state index < -0.39 is 5.97 Å². The third kappa shape index (κ3) is 2.08. The van der Waals surface area contributed by atoms with Crippen molar-refractivity contribution in [3.05, 3.63) is 17.8 Å². The van der Waals surface area contributed by atoms with Crippen molar-refractivity contribution in [1.29, 1.82) is 0 Å². The number of carbonyl (C=O) groups is 1. The lowest BCUT2D eigenvalue weighted by Gasteiger charge is -1.94. The number of nitrogens with zero attached hydrogens (tertiary/aromatic N) is 1. The molecule has 1 N–H and O–H groups in total. The fourth-order valence-electron chi connectivity index (χ4n) is 0.801. The Morgan fingerprint density at radius 3 is 2.83 bits per heavy atom. The predicted molar refractivity (Wildman–Crippen MR) is 41.9 cm³/mol. The Morgan fingerprint density at radius 2 is 2.42 bits per heavy atom. The summed E-state index contributed by atoms with van der Waals surface area (Å²) in [6.45, 7) is 3.95.